The minimum Gasteiger partial charge on any atom is -0.495 e. The van der Waals surface area contributed by atoms with Gasteiger partial charge in [0.05, 0.1) is 25.0 Å². The summed E-state index contributed by atoms with van der Waals surface area (Å²) in [6.07, 6.45) is 2.97. The minimum absolute atomic E-state index is 0.222. The van der Waals surface area contributed by atoms with E-state index in [-0.39, 0.29) is 12.5 Å². The Labute approximate surface area is 182 Å². The zero-order valence-electron chi connectivity index (χ0n) is 18.8. The summed E-state index contributed by atoms with van der Waals surface area (Å²) in [5, 5.41) is 5.41. The van der Waals surface area contributed by atoms with Gasteiger partial charge in [-0.1, -0.05) is 0 Å². The number of ether oxygens (including phenoxy) is 2. The Morgan fingerprint density at radius 3 is 2.39 bits per heavy atom. The fraction of sp³-hybridized carbons (Fsp3) is 0.348. The SMILES string of the molecule is CCOC(=O)c1c(/C=C/C(=O)Nc2cc(NC(C)=O)ccc2OC)c(C)n(CC)c1C. The van der Waals surface area contributed by atoms with Gasteiger partial charge in [0.25, 0.3) is 0 Å². The van der Waals surface area contributed by atoms with Crippen molar-refractivity contribution in [2.75, 3.05) is 24.4 Å². The summed E-state index contributed by atoms with van der Waals surface area (Å²) in [5.74, 6) is -0.596. The van der Waals surface area contributed by atoms with Gasteiger partial charge in [0.15, 0.2) is 0 Å². The predicted octanol–water partition coefficient (Wildman–Crippen LogP) is 3.92. The summed E-state index contributed by atoms with van der Waals surface area (Å²) in [5.41, 5.74) is 3.71. The number of aromatic nitrogens is 1. The average Bonchev–Trinajstić information content (AvgIpc) is 2.95. The number of esters is 1. The molecule has 0 aliphatic rings. The molecule has 1 heterocycles. The van der Waals surface area contributed by atoms with Crippen LogP contribution in [-0.4, -0.2) is 36.1 Å². The van der Waals surface area contributed by atoms with Crippen LogP contribution >= 0.6 is 0 Å². The van der Waals surface area contributed by atoms with Crippen LogP contribution in [0.15, 0.2) is 24.3 Å². The highest BCUT2D eigenvalue weighted by Gasteiger charge is 2.22. The molecule has 8 heteroatoms. The second-order valence-electron chi connectivity index (χ2n) is 6.84. The predicted molar refractivity (Wildman–Crippen MR) is 120 cm³/mol. The molecule has 1 aromatic carbocycles. The summed E-state index contributed by atoms with van der Waals surface area (Å²) in [7, 11) is 1.49. The van der Waals surface area contributed by atoms with Crippen LogP contribution in [0.3, 0.4) is 0 Å². The lowest BCUT2D eigenvalue weighted by molar-refractivity contribution is -0.114. The summed E-state index contributed by atoms with van der Waals surface area (Å²) in [6, 6.07) is 4.94. The van der Waals surface area contributed by atoms with Crippen LogP contribution in [0.5, 0.6) is 5.75 Å². The molecule has 2 aromatic rings. The van der Waals surface area contributed by atoms with Gasteiger partial charge in [0.1, 0.15) is 5.75 Å². The van der Waals surface area contributed by atoms with E-state index < -0.39 is 11.9 Å². The zero-order chi connectivity index (χ0) is 23.1. The van der Waals surface area contributed by atoms with Crippen molar-refractivity contribution in [3.8, 4) is 5.75 Å². The highest BCUT2D eigenvalue weighted by Crippen LogP contribution is 2.28. The summed E-state index contributed by atoms with van der Waals surface area (Å²) < 4.78 is 12.5. The smallest absolute Gasteiger partial charge is 0.340 e. The monoisotopic (exact) mass is 427 g/mol. The molecule has 0 saturated heterocycles. The molecule has 0 saturated carbocycles. The van der Waals surface area contributed by atoms with E-state index in [1.165, 1.54) is 20.1 Å². The van der Waals surface area contributed by atoms with Crippen LogP contribution in [0.4, 0.5) is 11.4 Å². The number of hydrogen-bond acceptors (Lipinski definition) is 5. The molecular formula is C23H29N3O5. The highest BCUT2D eigenvalue weighted by molar-refractivity contribution is 6.05. The van der Waals surface area contributed by atoms with Crippen LogP contribution in [0.2, 0.25) is 0 Å². The molecule has 2 N–H and O–H groups in total. The fourth-order valence-corrected chi connectivity index (χ4v) is 3.47. The summed E-state index contributed by atoms with van der Waals surface area (Å²) in [4.78, 5) is 36.4. The standard InChI is InChI=1S/C23H29N3O5/c1-7-26-14(3)18(22(15(26)4)23(29)31-8-2)10-12-21(28)25-19-13-17(24-16(5)27)9-11-20(19)30-6/h9-13H,7-8H2,1-6H3,(H,24,27)(H,25,28)/b12-10+. The Morgan fingerprint density at radius 1 is 1.10 bits per heavy atom. The normalized spacial score (nSPS) is 10.8. The molecule has 31 heavy (non-hydrogen) atoms. The van der Waals surface area contributed by atoms with E-state index in [0.717, 1.165) is 11.4 Å². The maximum Gasteiger partial charge on any atom is 0.340 e. The average molecular weight is 428 g/mol. The quantitative estimate of drug-likeness (QED) is 0.491. The molecule has 2 amide bonds. The van der Waals surface area contributed by atoms with E-state index >= 15 is 0 Å². The van der Waals surface area contributed by atoms with Crippen LogP contribution in [-0.2, 0) is 20.9 Å². The van der Waals surface area contributed by atoms with E-state index in [0.29, 0.717) is 34.8 Å². The van der Waals surface area contributed by atoms with Crippen molar-refractivity contribution in [3.05, 3.63) is 46.8 Å². The third-order valence-corrected chi connectivity index (χ3v) is 4.81. The molecule has 0 fully saturated rings. The van der Waals surface area contributed by atoms with E-state index in [9.17, 15) is 14.4 Å². The van der Waals surface area contributed by atoms with Crippen molar-refractivity contribution in [2.24, 2.45) is 0 Å². The van der Waals surface area contributed by atoms with Gasteiger partial charge in [-0.15, -0.1) is 0 Å². The lowest BCUT2D eigenvalue weighted by Gasteiger charge is -2.11. The molecule has 0 radical (unpaired) electrons. The first kappa shape index (κ1) is 23.7. The van der Waals surface area contributed by atoms with Crippen molar-refractivity contribution in [3.63, 3.8) is 0 Å². The minimum atomic E-state index is -0.417. The Balaban J connectivity index is 2.34. The van der Waals surface area contributed by atoms with Gasteiger partial charge < -0.3 is 24.7 Å². The summed E-state index contributed by atoms with van der Waals surface area (Å²) in [6.45, 7) is 9.86. The molecule has 0 unspecified atom stereocenters. The number of nitrogens with zero attached hydrogens (tertiary/aromatic N) is 1. The van der Waals surface area contributed by atoms with E-state index in [2.05, 4.69) is 10.6 Å². The maximum absolute atomic E-state index is 12.6. The van der Waals surface area contributed by atoms with Gasteiger partial charge in [-0.05, 0) is 52.0 Å². The molecule has 2 rings (SSSR count). The van der Waals surface area contributed by atoms with Crippen LogP contribution in [0, 0.1) is 13.8 Å². The Kier molecular flexibility index (Phi) is 8.01. The van der Waals surface area contributed by atoms with Crippen LogP contribution < -0.4 is 15.4 Å². The number of methoxy groups -OCH3 is 1. The lowest BCUT2D eigenvalue weighted by atomic mass is 10.1. The van der Waals surface area contributed by atoms with E-state index in [1.807, 2.05) is 25.3 Å². The second-order valence-corrected chi connectivity index (χ2v) is 6.84. The number of nitrogens with one attached hydrogen (secondary N) is 2. The van der Waals surface area contributed by atoms with Crippen molar-refractivity contribution >= 4 is 35.2 Å². The Bertz CT molecular complexity index is 1020. The first-order chi connectivity index (χ1) is 14.7. The highest BCUT2D eigenvalue weighted by atomic mass is 16.5. The molecule has 0 spiro atoms. The van der Waals surface area contributed by atoms with Gasteiger partial charge in [0.2, 0.25) is 11.8 Å². The Hall–Kier alpha value is -3.55. The third-order valence-electron chi connectivity index (χ3n) is 4.81. The molecule has 0 aliphatic heterocycles. The number of benzene rings is 1. The first-order valence-corrected chi connectivity index (χ1v) is 10.0. The number of hydrogen-bond donors (Lipinski definition) is 2. The van der Waals surface area contributed by atoms with Gasteiger partial charge >= 0.3 is 5.97 Å². The molecule has 1 aromatic heterocycles. The fourth-order valence-electron chi connectivity index (χ4n) is 3.47. The number of anilines is 2. The van der Waals surface area contributed by atoms with Crippen molar-refractivity contribution in [1.82, 2.24) is 4.57 Å². The molecule has 0 aliphatic carbocycles. The topological polar surface area (TPSA) is 98.7 Å². The second kappa shape index (κ2) is 10.5. The molecular weight excluding hydrogens is 398 g/mol. The number of amides is 2. The summed E-state index contributed by atoms with van der Waals surface area (Å²) >= 11 is 0. The van der Waals surface area contributed by atoms with Gasteiger partial charge in [-0.2, -0.15) is 0 Å². The number of rotatable bonds is 8. The third kappa shape index (κ3) is 5.53. The molecule has 0 atom stereocenters. The lowest BCUT2D eigenvalue weighted by Crippen LogP contribution is -2.11. The zero-order valence-corrected chi connectivity index (χ0v) is 18.8. The maximum atomic E-state index is 12.6. The first-order valence-electron chi connectivity index (χ1n) is 10.0. The van der Waals surface area contributed by atoms with Crippen molar-refractivity contribution < 1.29 is 23.9 Å². The number of carbonyl (C=O) groups is 3. The Morgan fingerprint density at radius 2 is 1.81 bits per heavy atom. The van der Waals surface area contributed by atoms with E-state index in [4.69, 9.17) is 9.47 Å². The number of carbonyl (C=O) groups excluding carboxylic acids is 3. The van der Waals surface area contributed by atoms with Crippen molar-refractivity contribution in [2.45, 2.75) is 41.2 Å². The van der Waals surface area contributed by atoms with Gasteiger partial charge in [-0.3, -0.25) is 9.59 Å². The van der Waals surface area contributed by atoms with Crippen LogP contribution in [0.25, 0.3) is 6.08 Å². The molecule has 166 valence electrons. The van der Waals surface area contributed by atoms with Crippen LogP contribution in [0.1, 0.15) is 48.1 Å². The largest absolute Gasteiger partial charge is 0.495 e. The van der Waals surface area contributed by atoms with Gasteiger partial charge in [0, 0.05) is 42.2 Å². The van der Waals surface area contributed by atoms with Crippen molar-refractivity contribution in [1.29, 1.82) is 0 Å². The molecule has 0 bridgehead atoms. The van der Waals surface area contributed by atoms with E-state index in [1.54, 1.807) is 31.2 Å². The van der Waals surface area contributed by atoms with Gasteiger partial charge in [-0.25, -0.2) is 4.79 Å². The molecule has 8 nitrogen and oxygen atoms in total.